The molecule has 3 nitrogen and oxygen atoms in total. The number of benzene rings is 2. The van der Waals surface area contributed by atoms with Crippen LogP contribution in [0.2, 0.25) is 10.0 Å². The van der Waals surface area contributed by atoms with E-state index in [1.165, 1.54) is 6.07 Å². The van der Waals surface area contributed by atoms with Crippen molar-refractivity contribution in [3.8, 4) is 6.07 Å². The highest BCUT2D eigenvalue weighted by Crippen LogP contribution is 2.21. The van der Waals surface area contributed by atoms with Gasteiger partial charge in [-0.25, -0.2) is 0 Å². The third-order valence-electron chi connectivity index (χ3n) is 2.43. The number of nitrogens with one attached hydrogen (secondary N) is 1. The van der Waals surface area contributed by atoms with Crippen molar-refractivity contribution in [3.05, 3.63) is 63.6 Å². The van der Waals surface area contributed by atoms with Crippen molar-refractivity contribution in [3.63, 3.8) is 0 Å². The van der Waals surface area contributed by atoms with Gasteiger partial charge in [-0.2, -0.15) is 5.26 Å². The normalized spacial score (nSPS) is 9.74. The highest BCUT2D eigenvalue weighted by Gasteiger charge is 2.08. The molecule has 0 aliphatic heterocycles. The van der Waals surface area contributed by atoms with Gasteiger partial charge in [-0.3, -0.25) is 4.79 Å². The molecule has 0 unspecified atom stereocenters. The molecule has 0 saturated carbocycles. The fourth-order valence-corrected chi connectivity index (χ4v) is 1.93. The minimum absolute atomic E-state index is 0.289. The first-order chi connectivity index (χ1) is 9.10. The molecule has 1 amide bonds. The van der Waals surface area contributed by atoms with Crippen molar-refractivity contribution in [1.82, 2.24) is 0 Å². The lowest BCUT2D eigenvalue weighted by atomic mass is 10.2. The molecule has 19 heavy (non-hydrogen) atoms. The Morgan fingerprint density at radius 2 is 1.95 bits per heavy atom. The Hall–Kier alpha value is -2.02. The van der Waals surface area contributed by atoms with Crippen molar-refractivity contribution < 1.29 is 4.79 Å². The second kappa shape index (κ2) is 5.75. The predicted octanol–water partition coefficient (Wildman–Crippen LogP) is 4.12. The lowest BCUT2D eigenvalue weighted by Crippen LogP contribution is -2.11. The van der Waals surface area contributed by atoms with Crippen LogP contribution in [0.15, 0.2) is 42.5 Å². The number of halogens is 2. The van der Waals surface area contributed by atoms with E-state index in [4.69, 9.17) is 28.5 Å². The van der Waals surface area contributed by atoms with Crippen LogP contribution in [-0.4, -0.2) is 5.91 Å². The lowest BCUT2D eigenvalue weighted by molar-refractivity contribution is 0.102. The minimum Gasteiger partial charge on any atom is -0.322 e. The van der Waals surface area contributed by atoms with Gasteiger partial charge >= 0.3 is 0 Å². The zero-order chi connectivity index (χ0) is 13.8. The first-order valence-electron chi connectivity index (χ1n) is 5.37. The Balaban J connectivity index is 2.20. The van der Waals surface area contributed by atoms with E-state index in [1.54, 1.807) is 36.4 Å². The molecular formula is C14H8Cl2N2O. The summed E-state index contributed by atoms with van der Waals surface area (Å²) in [6.45, 7) is 0. The van der Waals surface area contributed by atoms with E-state index < -0.39 is 0 Å². The molecule has 2 aromatic rings. The summed E-state index contributed by atoms with van der Waals surface area (Å²) in [4.78, 5) is 12.0. The van der Waals surface area contributed by atoms with Gasteiger partial charge in [0.2, 0.25) is 0 Å². The number of carbonyl (C=O) groups is 1. The molecule has 2 aromatic carbocycles. The molecule has 1 N–H and O–H groups in total. The predicted molar refractivity (Wildman–Crippen MR) is 75.6 cm³/mol. The summed E-state index contributed by atoms with van der Waals surface area (Å²) in [6.07, 6.45) is 0. The molecule has 0 radical (unpaired) electrons. The summed E-state index contributed by atoms with van der Waals surface area (Å²) in [5.41, 5.74) is 1.34. The average Bonchev–Trinajstić information content (AvgIpc) is 2.39. The van der Waals surface area contributed by atoms with E-state index in [2.05, 4.69) is 5.32 Å². The number of hydrogen-bond donors (Lipinski definition) is 1. The number of nitrogens with zero attached hydrogens (tertiary/aromatic N) is 1. The number of anilines is 1. The Labute approximate surface area is 120 Å². The first-order valence-corrected chi connectivity index (χ1v) is 6.12. The van der Waals surface area contributed by atoms with E-state index >= 15 is 0 Å². The van der Waals surface area contributed by atoms with Crippen molar-refractivity contribution >= 4 is 34.8 Å². The van der Waals surface area contributed by atoms with Crippen LogP contribution in [0.5, 0.6) is 0 Å². The van der Waals surface area contributed by atoms with Crippen molar-refractivity contribution in [1.29, 1.82) is 5.26 Å². The highest BCUT2D eigenvalue weighted by atomic mass is 35.5. The molecule has 94 valence electrons. The summed E-state index contributed by atoms with van der Waals surface area (Å²) in [5, 5.41) is 12.2. The summed E-state index contributed by atoms with van der Waals surface area (Å²) in [6, 6.07) is 13.3. The monoisotopic (exact) mass is 290 g/mol. The molecule has 2 rings (SSSR count). The van der Waals surface area contributed by atoms with Crippen LogP contribution in [0.25, 0.3) is 0 Å². The fraction of sp³-hybridized carbons (Fsp3) is 0. The average molecular weight is 291 g/mol. The Morgan fingerprint density at radius 1 is 1.16 bits per heavy atom. The maximum absolute atomic E-state index is 12.0. The SMILES string of the molecule is N#Cc1ccc(NC(=O)c2cccc(Cl)c2)cc1Cl. The van der Waals surface area contributed by atoms with Gasteiger partial charge in [0.05, 0.1) is 10.6 Å². The molecule has 5 heteroatoms. The summed E-state index contributed by atoms with van der Waals surface area (Å²) in [7, 11) is 0. The number of rotatable bonds is 2. The molecule has 0 aliphatic rings. The largest absolute Gasteiger partial charge is 0.322 e. The number of carbonyl (C=O) groups excluding carboxylic acids is 1. The highest BCUT2D eigenvalue weighted by molar-refractivity contribution is 6.32. The van der Waals surface area contributed by atoms with Crippen LogP contribution in [0.4, 0.5) is 5.69 Å². The number of hydrogen-bond acceptors (Lipinski definition) is 2. The molecular weight excluding hydrogens is 283 g/mol. The molecule has 0 spiro atoms. The molecule has 0 aliphatic carbocycles. The van der Waals surface area contributed by atoms with Gasteiger partial charge in [0, 0.05) is 16.3 Å². The Bertz CT molecular complexity index is 677. The van der Waals surface area contributed by atoms with E-state index in [0.717, 1.165) is 0 Å². The van der Waals surface area contributed by atoms with E-state index in [-0.39, 0.29) is 5.91 Å². The van der Waals surface area contributed by atoms with Gasteiger partial charge in [0.1, 0.15) is 6.07 Å². The second-order valence-electron chi connectivity index (χ2n) is 3.77. The lowest BCUT2D eigenvalue weighted by Gasteiger charge is -2.06. The van der Waals surface area contributed by atoms with Crippen LogP contribution < -0.4 is 5.32 Å². The molecule has 0 heterocycles. The van der Waals surface area contributed by atoms with Gasteiger partial charge in [-0.05, 0) is 36.4 Å². The van der Waals surface area contributed by atoms with Crippen LogP contribution in [0.1, 0.15) is 15.9 Å². The van der Waals surface area contributed by atoms with Crippen molar-refractivity contribution in [2.24, 2.45) is 0 Å². The Kier molecular flexibility index (Phi) is 4.06. The van der Waals surface area contributed by atoms with Crippen molar-refractivity contribution in [2.75, 3.05) is 5.32 Å². The summed E-state index contributed by atoms with van der Waals surface area (Å²) in [5.74, 6) is -0.289. The third kappa shape index (κ3) is 3.25. The molecule has 0 bridgehead atoms. The van der Waals surface area contributed by atoms with Gasteiger partial charge in [0.25, 0.3) is 5.91 Å². The van der Waals surface area contributed by atoms with Crippen molar-refractivity contribution in [2.45, 2.75) is 0 Å². The van der Waals surface area contributed by atoms with Crippen LogP contribution in [0.3, 0.4) is 0 Å². The quantitative estimate of drug-likeness (QED) is 0.905. The summed E-state index contributed by atoms with van der Waals surface area (Å²) >= 11 is 11.7. The van der Waals surface area contributed by atoms with E-state index in [9.17, 15) is 4.79 Å². The van der Waals surface area contributed by atoms with Gasteiger partial charge < -0.3 is 5.32 Å². The van der Waals surface area contributed by atoms with Gasteiger partial charge in [-0.1, -0.05) is 29.3 Å². The molecule has 0 aromatic heterocycles. The van der Waals surface area contributed by atoms with E-state index in [1.807, 2.05) is 6.07 Å². The Morgan fingerprint density at radius 3 is 2.58 bits per heavy atom. The second-order valence-corrected chi connectivity index (χ2v) is 4.61. The minimum atomic E-state index is -0.289. The van der Waals surface area contributed by atoms with Crippen LogP contribution in [-0.2, 0) is 0 Å². The third-order valence-corrected chi connectivity index (χ3v) is 2.98. The smallest absolute Gasteiger partial charge is 0.255 e. The molecule has 0 saturated heterocycles. The van der Waals surface area contributed by atoms with E-state index in [0.29, 0.717) is 26.9 Å². The number of nitriles is 1. The van der Waals surface area contributed by atoms with Gasteiger partial charge in [-0.15, -0.1) is 0 Å². The summed E-state index contributed by atoms with van der Waals surface area (Å²) < 4.78 is 0. The maximum atomic E-state index is 12.0. The number of amides is 1. The fourth-order valence-electron chi connectivity index (χ4n) is 1.52. The topological polar surface area (TPSA) is 52.9 Å². The van der Waals surface area contributed by atoms with Crippen LogP contribution >= 0.6 is 23.2 Å². The molecule has 0 atom stereocenters. The molecule has 0 fully saturated rings. The zero-order valence-corrected chi connectivity index (χ0v) is 11.2. The zero-order valence-electron chi connectivity index (χ0n) is 9.65. The maximum Gasteiger partial charge on any atom is 0.255 e. The standard InChI is InChI=1S/C14H8Cl2N2O/c15-11-3-1-2-9(6-11)14(19)18-12-5-4-10(8-17)13(16)7-12/h1-7H,(H,18,19). The van der Waals surface area contributed by atoms with Gasteiger partial charge in [0.15, 0.2) is 0 Å². The van der Waals surface area contributed by atoms with Crippen LogP contribution in [0, 0.1) is 11.3 Å². The first kappa shape index (κ1) is 13.4.